The maximum absolute atomic E-state index is 11.6. The third-order valence-electron chi connectivity index (χ3n) is 3.91. The van der Waals surface area contributed by atoms with Gasteiger partial charge in [-0.3, -0.25) is 4.90 Å². The van der Waals surface area contributed by atoms with Gasteiger partial charge in [0, 0.05) is 12.6 Å². The highest BCUT2D eigenvalue weighted by atomic mass is 16.5. The van der Waals surface area contributed by atoms with Crippen LogP contribution in [-0.2, 0) is 11.3 Å². The summed E-state index contributed by atoms with van der Waals surface area (Å²) in [5, 5.41) is 10.2. The van der Waals surface area contributed by atoms with E-state index in [4.69, 9.17) is 4.74 Å². The summed E-state index contributed by atoms with van der Waals surface area (Å²) in [6.45, 7) is 5.46. The number of hydrogen-bond acceptors (Lipinski definition) is 4. The number of rotatable bonds is 4. The number of benzene rings is 1. The molecule has 0 aliphatic carbocycles. The van der Waals surface area contributed by atoms with Crippen LogP contribution in [0.5, 0.6) is 0 Å². The summed E-state index contributed by atoms with van der Waals surface area (Å²) in [7, 11) is 1.39. The molecule has 1 aliphatic rings. The van der Waals surface area contributed by atoms with Crippen LogP contribution in [0.25, 0.3) is 0 Å². The van der Waals surface area contributed by atoms with Crippen molar-refractivity contribution in [2.24, 2.45) is 0 Å². The average Bonchev–Trinajstić information content (AvgIpc) is 2.86. The van der Waals surface area contributed by atoms with Crippen molar-refractivity contribution in [2.45, 2.75) is 44.9 Å². The summed E-state index contributed by atoms with van der Waals surface area (Å²) in [6.07, 6.45) is 2.12. The van der Waals surface area contributed by atoms with Crippen molar-refractivity contribution in [1.29, 1.82) is 0 Å². The topological polar surface area (TPSA) is 49.8 Å². The van der Waals surface area contributed by atoms with Gasteiger partial charge in [0.05, 0.1) is 18.3 Å². The van der Waals surface area contributed by atoms with E-state index >= 15 is 0 Å². The van der Waals surface area contributed by atoms with Crippen LogP contribution < -0.4 is 0 Å². The van der Waals surface area contributed by atoms with Crippen LogP contribution in [0.4, 0.5) is 0 Å². The van der Waals surface area contributed by atoms with Crippen LogP contribution in [0.15, 0.2) is 24.3 Å². The summed E-state index contributed by atoms with van der Waals surface area (Å²) in [6, 6.07) is 7.67. The van der Waals surface area contributed by atoms with Gasteiger partial charge in [-0.05, 0) is 50.9 Å². The predicted molar refractivity (Wildman–Crippen MR) is 77.5 cm³/mol. The van der Waals surface area contributed by atoms with Crippen molar-refractivity contribution < 1.29 is 14.6 Å². The van der Waals surface area contributed by atoms with Gasteiger partial charge in [0.1, 0.15) is 0 Å². The van der Waals surface area contributed by atoms with Crippen molar-refractivity contribution in [1.82, 2.24) is 4.90 Å². The summed E-state index contributed by atoms with van der Waals surface area (Å²) in [5.74, 6) is -0.313. The smallest absolute Gasteiger partial charge is 0.337 e. The van der Waals surface area contributed by atoms with Gasteiger partial charge in [0.25, 0.3) is 0 Å². The molecule has 1 unspecified atom stereocenters. The molecule has 1 fully saturated rings. The van der Waals surface area contributed by atoms with E-state index < -0.39 is 5.60 Å². The van der Waals surface area contributed by atoms with Crippen LogP contribution in [0, 0.1) is 0 Å². The van der Waals surface area contributed by atoms with E-state index in [0.717, 1.165) is 31.5 Å². The number of aliphatic hydroxyl groups is 1. The van der Waals surface area contributed by atoms with E-state index in [1.807, 2.05) is 32.0 Å². The van der Waals surface area contributed by atoms with Crippen LogP contribution >= 0.6 is 0 Å². The molecular formula is C16H23NO3. The van der Waals surface area contributed by atoms with Crippen LogP contribution in [-0.4, -0.2) is 41.3 Å². The monoisotopic (exact) mass is 277 g/mol. The number of hydrogen-bond donors (Lipinski definition) is 1. The molecule has 0 saturated carbocycles. The molecule has 0 aromatic heterocycles. The second-order valence-electron chi connectivity index (χ2n) is 5.97. The summed E-state index contributed by atoms with van der Waals surface area (Å²) >= 11 is 0. The SMILES string of the molecule is COC(=O)c1cccc(CN2CCCC2C(C)(C)O)c1. The number of esters is 1. The number of ether oxygens (including phenoxy) is 1. The molecule has 20 heavy (non-hydrogen) atoms. The molecule has 1 atom stereocenters. The van der Waals surface area contributed by atoms with Gasteiger partial charge in [0.2, 0.25) is 0 Å². The average molecular weight is 277 g/mol. The molecule has 1 N–H and O–H groups in total. The molecule has 4 heteroatoms. The molecule has 1 aromatic carbocycles. The van der Waals surface area contributed by atoms with Crippen LogP contribution in [0.1, 0.15) is 42.6 Å². The Labute approximate surface area is 120 Å². The van der Waals surface area contributed by atoms with Crippen molar-refractivity contribution in [3.05, 3.63) is 35.4 Å². The first kappa shape index (κ1) is 15.0. The zero-order valence-electron chi connectivity index (χ0n) is 12.4. The third-order valence-corrected chi connectivity index (χ3v) is 3.91. The van der Waals surface area contributed by atoms with Gasteiger partial charge in [0.15, 0.2) is 0 Å². The van der Waals surface area contributed by atoms with E-state index in [-0.39, 0.29) is 12.0 Å². The first-order valence-corrected chi connectivity index (χ1v) is 7.05. The van der Waals surface area contributed by atoms with Crippen molar-refractivity contribution in [3.8, 4) is 0 Å². The highest BCUT2D eigenvalue weighted by Gasteiger charge is 2.35. The molecule has 0 radical (unpaired) electrons. The van der Waals surface area contributed by atoms with Crippen LogP contribution in [0.2, 0.25) is 0 Å². The van der Waals surface area contributed by atoms with E-state index in [1.54, 1.807) is 6.07 Å². The highest BCUT2D eigenvalue weighted by Crippen LogP contribution is 2.28. The minimum atomic E-state index is -0.698. The Morgan fingerprint density at radius 3 is 2.90 bits per heavy atom. The lowest BCUT2D eigenvalue weighted by molar-refractivity contribution is -0.00504. The number of carbonyl (C=O) groups excluding carboxylic acids is 1. The molecule has 0 spiro atoms. The molecule has 0 bridgehead atoms. The molecule has 2 rings (SSSR count). The maximum atomic E-state index is 11.6. The fourth-order valence-corrected chi connectivity index (χ4v) is 2.96. The standard InChI is InChI=1S/C16H23NO3/c1-16(2,19)14-8-5-9-17(14)11-12-6-4-7-13(10-12)15(18)20-3/h4,6-7,10,14,19H,5,8-9,11H2,1-3H3. The largest absolute Gasteiger partial charge is 0.465 e. The molecule has 1 aromatic rings. The molecular weight excluding hydrogens is 254 g/mol. The Balaban J connectivity index is 2.12. The predicted octanol–water partition coefficient (Wildman–Crippen LogP) is 2.21. The van der Waals surface area contributed by atoms with Gasteiger partial charge in [-0.1, -0.05) is 12.1 Å². The third kappa shape index (κ3) is 3.38. The molecule has 4 nitrogen and oxygen atoms in total. The minimum absolute atomic E-state index is 0.171. The maximum Gasteiger partial charge on any atom is 0.337 e. The fourth-order valence-electron chi connectivity index (χ4n) is 2.96. The van der Waals surface area contributed by atoms with Gasteiger partial charge in [-0.15, -0.1) is 0 Å². The van der Waals surface area contributed by atoms with E-state index in [9.17, 15) is 9.90 Å². The lowest BCUT2D eigenvalue weighted by Crippen LogP contribution is -2.45. The van der Waals surface area contributed by atoms with E-state index in [0.29, 0.717) is 5.56 Å². The highest BCUT2D eigenvalue weighted by molar-refractivity contribution is 5.89. The van der Waals surface area contributed by atoms with Crippen molar-refractivity contribution in [3.63, 3.8) is 0 Å². The summed E-state index contributed by atoms with van der Waals surface area (Å²) in [4.78, 5) is 13.8. The normalized spacial score (nSPS) is 20.1. The first-order chi connectivity index (χ1) is 9.41. The van der Waals surface area contributed by atoms with Gasteiger partial charge >= 0.3 is 5.97 Å². The van der Waals surface area contributed by atoms with Gasteiger partial charge in [-0.25, -0.2) is 4.79 Å². The summed E-state index contributed by atoms with van der Waals surface area (Å²) in [5.41, 5.74) is 0.948. The fraction of sp³-hybridized carbons (Fsp3) is 0.562. The molecule has 1 aliphatic heterocycles. The lowest BCUT2D eigenvalue weighted by atomic mass is 9.96. The number of carbonyl (C=O) groups is 1. The molecule has 1 heterocycles. The molecule has 0 amide bonds. The first-order valence-electron chi connectivity index (χ1n) is 7.05. The molecule has 110 valence electrons. The zero-order chi connectivity index (χ0) is 14.8. The Hall–Kier alpha value is -1.39. The van der Waals surface area contributed by atoms with Gasteiger partial charge in [-0.2, -0.15) is 0 Å². The zero-order valence-corrected chi connectivity index (χ0v) is 12.4. The number of likely N-dealkylation sites (tertiary alicyclic amines) is 1. The quantitative estimate of drug-likeness (QED) is 0.857. The minimum Gasteiger partial charge on any atom is -0.465 e. The Morgan fingerprint density at radius 1 is 1.50 bits per heavy atom. The Bertz CT molecular complexity index is 479. The molecule has 1 saturated heterocycles. The second kappa shape index (κ2) is 5.94. The van der Waals surface area contributed by atoms with Crippen molar-refractivity contribution >= 4 is 5.97 Å². The van der Waals surface area contributed by atoms with Crippen molar-refractivity contribution in [2.75, 3.05) is 13.7 Å². The number of nitrogens with zero attached hydrogens (tertiary/aromatic N) is 1. The number of methoxy groups -OCH3 is 1. The van der Waals surface area contributed by atoms with E-state index in [2.05, 4.69) is 4.90 Å². The van der Waals surface area contributed by atoms with Gasteiger partial charge < -0.3 is 9.84 Å². The summed E-state index contributed by atoms with van der Waals surface area (Å²) < 4.78 is 4.74. The van der Waals surface area contributed by atoms with E-state index in [1.165, 1.54) is 7.11 Å². The Morgan fingerprint density at radius 2 is 2.25 bits per heavy atom. The Kier molecular flexibility index (Phi) is 4.45. The van der Waals surface area contributed by atoms with Crippen LogP contribution in [0.3, 0.4) is 0 Å². The second-order valence-corrected chi connectivity index (χ2v) is 5.97. The lowest BCUT2D eigenvalue weighted by Gasteiger charge is -2.33.